The Kier molecular flexibility index (Phi) is 12.8. The largest absolute Gasteiger partial charge is 0.405 e. The number of piperidine rings is 1. The van der Waals surface area contributed by atoms with Crippen molar-refractivity contribution in [1.82, 2.24) is 9.62 Å². The average molecular weight is 522 g/mol. The molecule has 0 bridgehead atoms. The highest BCUT2D eigenvalue weighted by atomic mass is 32.2. The number of anilines is 1. The minimum atomic E-state index is 0.171. The molecule has 0 atom stereocenters. The standard InChI is InChI=1S/C28H39N7OS/c29-20-23(4-3-7-24-5-1-2-6-25(24)21-34-30)12-15-32-22-33-26-8-10-28(11-9-26)37-35(18-19-36)27-13-16-31-17-14-27/h1-3,5-11,15,20-21,27,31,33,36H,4,12-14,16-19,22,29-30H2/b7-3?,23-20-,32-15-,34-21-. The number of rotatable bonds is 14. The van der Waals surface area contributed by atoms with Crippen LogP contribution in [-0.2, 0) is 0 Å². The minimum absolute atomic E-state index is 0.171. The van der Waals surface area contributed by atoms with E-state index in [-0.39, 0.29) is 6.61 Å². The third-order valence-corrected chi connectivity index (χ3v) is 7.29. The number of benzene rings is 2. The van der Waals surface area contributed by atoms with Crippen molar-refractivity contribution in [3.63, 3.8) is 0 Å². The maximum Gasteiger partial charge on any atom is 0.107 e. The van der Waals surface area contributed by atoms with Crippen LogP contribution >= 0.6 is 11.9 Å². The van der Waals surface area contributed by atoms with E-state index in [1.807, 2.05) is 30.5 Å². The lowest BCUT2D eigenvalue weighted by atomic mass is 10.1. The molecule has 8 nitrogen and oxygen atoms in total. The summed E-state index contributed by atoms with van der Waals surface area (Å²) in [5.74, 6) is 5.29. The maximum atomic E-state index is 9.48. The Hall–Kier alpha value is -3.11. The Balaban J connectivity index is 1.41. The SMILES string of the molecule is N/C=C(/CC=Cc1ccccc1/C=N\N)C/C=N\CNc1ccc(SN(CCO)C2CCNCC2)cc1. The summed E-state index contributed by atoms with van der Waals surface area (Å²) in [5.41, 5.74) is 9.96. The molecule has 2 aromatic carbocycles. The molecule has 198 valence electrons. The molecule has 1 aliphatic heterocycles. The summed E-state index contributed by atoms with van der Waals surface area (Å²) in [6, 6.07) is 16.8. The molecule has 37 heavy (non-hydrogen) atoms. The van der Waals surface area contributed by atoms with Crippen LogP contribution in [0.5, 0.6) is 0 Å². The highest BCUT2D eigenvalue weighted by Crippen LogP contribution is 2.28. The third-order valence-electron chi connectivity index (χ3n) is 6.09. The van der Waals surface area contributed by atoms with Crippen LogP contribution in [0.15, 0.2) is 81.4 Å². The number of allylic oxidation sites excluding steroid dienone is 2. The zero-order chi connectivity index (χ0) is 26.1. The molecule has 9 heteroatoms. The Morgan fingerprint density at radius 3 is 2.57 bits per heavy atom. The van der Waals surface area contributed by atoms with Gasteiger partial charge >= 0.3 is 0 Å². The number of nitrogens with zero attached hydrogens (tertiary/aromatic N) is 3. The first kappa shape index (κ1) is 28.5. The molecule has 3 rings (SSSR count). The fourth-order valence-electron chi connectivity index (χ4n) is 4.07. The summed E-state index contributed by atoms with van der Waals surface area (Å²) in [6.45, 7) is 3.42. The van der Waals surface area contributed by atoms with Crippen molar-refractivity contribution in [2.24, 2.45) is 21.7 Å². The number of nitrogens with one attached hydrogen (secondary N) is 2. The van der Waals surface area contributed by atoms with E-state index < -0.39 is 0 Å². The van der Waals surface area contributed by atoms with Crippen molar-refractivity contribution in [3.8, 4) is 0 Å². The molecule has 1 heterocycles. The molecule has 0 radical (unpaired) electrons. The molecule has 0 aromatic heterocycles. The first-order valence-corrected chi connectivity index (χ1v) is 13.5. The number of hydrogen-bond donors (Lipinski definition) is 5. The molecule has 1 aliphatic rings. The number of nitrogens with two attached hydrogens (primary N) is 2. The summed E-state index contributed by atoms with van der Waals surface area (Å²) in [5, 5.41) is 19.8. The van der Waals surface area contributed by atoms with Gasteiger partial charge in [0.2, 0.25) is 0 Å². The van der Waals surface area contributed by atoms with Gasteiger partial charge in [-0.05, 0) is 85.9 Å². The van der Waals surface area contributed by atoms with Crippen LogP contribution in [0.25, 0.3) is 6.08 Å². The van der Waals surface area contributed by atoms with Crippen molar-refractivity contribution >= 4 is 36.1 Å². The lowest BCUT2D eigenvalue weighted by molar-refractivity contribution is 0.215. The van der Waals surface area contributed by atoms with E-state index in [0.717, 1.165) is 54.7 Å². The summed E-state index contributed by atoms with van der Waals surface area (Å²) in [4.78, 5) is 5.65. The Labute approximate surface area is 224 Å². The van der Waals surface area contributed by atoms with Crippen LogP contribution in [0.3, 0.4) is 0 Å². The summed E-state index contributed by atoms with van der Waals surface area (Å²) >= 11 is 1.73. The van der Waals surface area contributed by atoms with Crippen LogP contribution in [0.2, 0.25) is 0 Å². The first-order valence-electron chi connectivity index (χ1n) is 12.7. The van der Waals surface area contributed by atoms with E-state index in [0.29, 0.717) is 25.7 Å². The van der Waals surface area contributed by atoms with E-state index in [4.69, 9.17) is 11.6 Å². The van der Waals surface area contributed by atoms with Gasteiger partial charge in [-0.15, -0.1) is 0 Å². The van der Waals surface area contributed by atoms with Crippen molar-refractivity contribution in [2.75, 3.05) is 38.2 Å². The molecule has 7 N–H and O–H groups in total. The topological polar surface area (TPSA) is 124 Å². The predicted molar refractivity (Wildman–Crippen MR) is 158 cm³/mol. The van der Waals surface area contributed by atoms with E-state index >= 15 is 0 Å². The van der Waals surface area contributed by atoms with E-state index in [2.05, 4.69) is 61.5 Å². The van der Waals surface area contributed by atoms with Crippen LogP contribution in [0.4, 0.5) is 5.69 Å². The maximum absolute atomic E-state index is 9.48. The van der Waals surface area contributed by atoms with Gasteiger partial charge in [-0.3, -0.25) is 4.99 Å². The van der Waals surface area contributed by atoms with Gasteiger partial charge in [-0.25, -0.2) is 4.31 Å². The second-order valence-corrected chi connectivity index (χ2v) is 9.83. The summed E-state index contributed by atoms with van der Waals surface area (Å²) in [6.07, 6.45) is 13.0. The normalized spacial score (nSPS) is 15.5. The van der Waals surface area contributed by atoms with Gasteiger partial charge in [-0.1, -0.05) is 36.4 Å². The molecule has 0 spiro atoms. The quantitative estimate of drug-likeness (QED) is 0.111. The Bertz CT molecular complexity index is 1050. The fourth-order valence-corrected chi connectivity index (χ4v) is 5.13. The van der Waals surface area contributed by atoms with Gasteiger partial charge in [0.25, 0.3) is 0 Å². The van der Waals surface area contributed by atoms with Gasteiger partial charge in [0.15, 0.2) is 0 Å². The zero-order valence-corrected chi connectivity index (χ0v) is 22.1. The fraction of sp³-hybridized carbons (Fsp3) is 0.357. The molecular formula is C28H39N7OS. The average Bonchev–Trinajstić information content (AvgIpc) is 2.94. The van der Waals surface area contributed by atoms with Gasteiger partial charge in [0, 0.05) is 41.4 Å². The number of aliphatic imine (C=N–C) groups is 1. The molecule has 0 unspecified atom stereocenters. The molecule has 2 aromatic rings. The van der Waals surface area contributed by atoms with Gasteiger partial charge in [-0.2, -0.15) is 5.10 Å². The van der Waals surface area contributed by atoms with Crippen LogP contribution in [0.1, 0.15) is 36.8 Å². The van der Waals surface area contributed by atoms with Gasteiger partial charge in [0.1, 0.15) is 6.67 Å². The van der Waals surface area contributed by atoms with Crippen LogP contribution in [0, 0.1) is 0 Å². The highest BCUT2D eigenvalue weighted by Gasteiger charge is 2.21. The summed E-state index contributed by atoms with van der Waals surface area (Å²) < 4.78 is 2.32. The second-order valence-electron chi connectivity index (χ2n) is 8.70. The Morgan fingerprint density at radius 2 is 1.86 bits per heavy atom. The second kappa shape index (κ2) is 16.6. The molecule has 1 saturated heterocycles. The van der Waals surface area contributed by atoms with Crippen molar-refractivity contribution in [2.45, 2.75) is 36.6 Å². The molecule has 0 aliphatic carbocycles. The van der Waals surface area contributed by atoms with Crippen molar-refractivity contribution in [3.05, 3.63) is 77.5 Å². The van der Waals surface area contributed by atoms with E-state index in [1.165, 1.54) is 4.90 Å². The molecular weight excluding hydrogens is 482 g/mol. The van der Waals surface area contributed by atoms with Crippen molar-refractivity contribution < 1.29 is 5.11 Å². The summed E-state index contributed by atoms with van der Waals surface area (Å²) in [7, 11) is 0. The predicted octanol–water partition coefficient (Wildman–Crippen LogP) is 3.81. The number of aliphatic hydroxyl groups is 1. The smallest absolute Gasteiger partial charge is 0.107 e. The number of aliphatic hydroxyl groups excluding tert-OH is 1. The minimum Gasteiger partial charge on any atom is -0.405 e. The molecule has 0 saturated carbocycles. The molecule has 0 amide bonds. The molecule has 1 fully saturated rings. The van der Waals surface area contributed by atoms with Crippen LogP contribution < -0.4 is 22.2 Å². The van der Waals surface area contributed by atoms with Crippen molar-refractivity contribution in [1.29, 1.82) is 0 Å². The van der Waals surface area contributed by atoms with Gasteiger partial charge in [0.05, 0.1) is 12.8 Å². The lowest BCUT2D eigenvalue weighted by Crippen LogP contribution is -2.40. The van der Waals surface area contributed by atoms with E-state index in [1.54, 1.807) is 24.4 Å². The highest BCUT2D eigenvalue weighted by molar-refractivity contribution is 7.97. The number of hydrogen-bond acceptors (Lipinski definition) is 9. The van der Waals surface area contributed by atoms with E-state index in [9.17, 15) is 5.11 Å². The van der Waals surface area contributed by atoms with Gasteiger partial charge < -0.3 is 27.3 Å². The monoisotopic (exact) mass is 521 g/mol. The zero-order valence-electron chi connectivity index (χ0n) is 21.3. The first-order chi connectivity index (χ1) is 18.2. The van der Waals surface area contributed by atoms with Crippen LogP contribution in [-0.4, -0.2) is 60.8 Å². The third kappa shape index (κ3) is 10.0. The lowest BCUT2D eigenvalue weighted by Gasteiger charge is -2.33. The number of hydrazone groups is 1. The Morgan fingerprint density at radius 1 is 1.11 bits per heavy atom.